The van der Waals surface area contributed by atoms with Crippen LogP contribution in [0.3, 0.4) is 0 Å². The quantitative estimate of drug-likeness (QED) is 0.614. The maximum atomic E-state index is 2.37. The van der Waals surface area contributed by atoms with E-state index in [1.165, 1.54) is 12.8 Å². The standard InChI is InChI=1S/C11H25N/c1-7-9(3)11(8-2)10(4)12(5)6/h9-11H,7-8H2,1-6H3. The van der Waals surface area contributed by atoms with Gasteiger partial charge in [-0.2, -0.15) is 0 Å². The molecule has 0 saturated carbocycles. The molecular weight excluding hydrogens is 146 g/mol. The Kier molecular flexibility index (Phi) is 5.56. The highest BCUT2D eigenvalue weighted by atomic mass is 15.1. The predicted molar refractivity (Wildman–Crippen MR) is 56.4 cm³/mol. The van der Waals surface area contributed by atoms with Crippen molar-refractivity contribution in [2.45, 2.75) is 46.6 Å². The highest BCUT2D eigenvalue weighted by Gasteiger charge is 2.21. The van der Waals surface area contributed by atoms with E-state index < -0.39 is 0 Å². The van der Waals surface area contributed by atoms with Crippen molar-refractivity contribution >= 4 is 0 Å². The van der Waals surface area contributed by atoms with Crippen LogP contribution in [0.4, 0.5) is 0 Å². The maximum absolute atomic E-state index is 2.37. The third-order valence-corrected chi connectivity index (χ3v) is 3.28. The molecule has 12 heavy (non-hydrogen) atoms. The number of rotatable bonds is 5. The van der Waals surface area contributed by atoms with Gasteiger partial charge in [0.25, 0.3) is 0 Å². The Hall–Kier alpha value is -0.0400. The van der Waals surface area contributed by atoms with Gasteiger partial charge in [-0.25, -0.2) is 0 Å². The van der Waals surface area contributed by atoms with Crippen LogP contribution in [0.1, 0.15) is 40.5 Å². The number of hydrogen-bond acceptors (Lipinski definition) is 1. The Labute approximate surface area is 78.1 Å². The molecule has 0 rings (SSSR count). The first kappa shape index (κ1) is 12.0. The van der Waals surface area contributed by atoms with Crippen molar-refractivity contribution in [1.82, 2.24) is 4.90 Å². The first-order chi connectivity index (χ1) is 5.54. The molecule has 0 amide bonds. The highest BCUT2D eigenvalue weighted by molar-refractivity contribution is 4.74. The van der Waals surface area contributed by atoms with Crippen LogP contribution < -0.4 is 0 Å². The summed E-state index contributed by atoms with van der Waals surface area (Å²) in [5.41, 5.74) is 0. The van der Waals surface area contributed by atoms with E-state index in [-0.39, 0.29) is 0 Å². The third kappa shape index (κ3) is 3.14. The summed E-state index contributed by atoms with van der Waals surface area (Å²) in [6.07, 6.45) is 2.60. The van der Waals surface area contributed by atoms with E-state index in [0.717, 1.165) is 11.8 Å². The lowest BCUT2D eigenvalue weighted by Gasteiger charge is -2.32. The minimum absolute atomic E-state index is 0.713. The van der Waals surface area contributed by atoms with E-state index in [1.54, 1.807) is 0 Å². The van der Waals surface area contributed by atoms with Gasteiger partial charge in [0.1, 0.15) is 0 Å². The van der Waals surface area contributed by atoms with Crippen molar-refractivity contribution in [3.05, 3.63) is 0 Å². The first-order valence-electron chi connectivity index (χ1n) is 5.20. The van der Waals surface area contributed by atoms with E-state index in [9.17, 15) is 0 Å². The Morgan fingerprint density at radius 1 is 1.00 bits per heavy atom. The lowest BCUT2D eigenvalue weighted by atomic mass is 9.84. The Morgan fingerprint density at radius 2 is 1.50 bits per heavy atom. The summed E-state index contributed by atoms with van der Waals surface area (Å²) >= 11 is 0. The molecule has 0 aliphatic carbocycles. The van der Waals surface area contributed by atoms with Gasteiger partial charge in [0.15, 0.2) is 0 Å². The fourth-order valence-corrected chi connectivity index (χ4v) is 1.90. The fraction of sp³-hybridized carbons (Fsp3) is 1.00. The molecule has 1 heteroatoms. The molecule has 0 aromatic heterocycles. The summed E-state index contributed by atoms with van der Waals surface area (Å²) in [5.74, 6) is 1.71. The highest BCUT2D eigenvalue weighted by Crippen LogP contribution is 2.24. The second-order valence-corrected chi connectivity index (χ2v) is 4.16. The minimum Gasteiger partial charge on any atom is -0.306 e. The van der Waals surface area contributed by atoms with Crippen molar-refractivity contribution in [1.29, 1.82) is 0 Å². The Balaban J connectivity index is 4.13. The molecule has 0 aromatic rings. The second-order valence-electron chi connectivity index (χ2n) is 4.16. The zero-order valence-corrected chi connectivity index (χ0v) is 9.59. The van der Waals surface area contributed by atoms with Gasteiger partial charge >= 0.3 is 0 Å². The normalized spacial score (nSPS) is 19.2. The molecule has 0 radical (unpaired) electrons. The molecule has 74 valence electrons. The summed E-state index contributed by atoms with van der Waals surface area (Å²) < 4.78 is 0. The van der Waals surface area contributed by atoms with Gasteiger partial charge in [0.2, 0.25) is 0 Å². The SMILES string of the molecule is CCC(C)C(CC)C(C)N(C)C. The largest absolute Gasteiger partial charge is 0.306 e. The van der Waals surface area contributed by atoms with Gasteiger partial charge in [0, 0.05) is 6.04 Å². The van der Waals surface area contributed by atoms with E-state index >= 15 is 0 Å². The van der Waals surface area contributed by atoms with Crippen molar-refractivity contribution in [3.63, 3.8) is 0 Å². The smallest absolute Gasteiger partial charge is 0.00915 e. The summed E-state index contributed by atoms with van der Waals surface area (Å²) in [7, 11) is 4.35. The molecular formula is C11H25N. The van der Waals surface area contributed by atoms with Gasteiger partial charge in [-0.3, -0.25) is 0 Å². The van der Waals surface area contributed by atoms with Crippen LogP contribution in [0.2, 0.25) is 0 Å². The topological polar surface area (TPSA) is 3.24 Å². The molecule has 3 unspecified atom stereocenters. The second kappa shape index (κ2) is 5.58. The molecule has 0 bridgehead atoms. The third-order valence-electron chi connectivity index (χ3n) is 3.28. The molecule has 0 aliphatic heterocycles. The van der Waals surface area contributed by atoms with Crippen molar-refractivity contribution in [3.8, 4) is 0 Å². The molecule has 0 N–H and O–H groups in total. The maximum Gasteiger partial charge on any atom is 0.00915 e. The van der Waals surface area contributed by atoms with Crippen LogP contribution in [0.15, 0.2) is 0 Å². The van der Waals surface area contributed by atoms with E-state index in [4.69, 9.17) is 0 Å². The zero-order valence-electron chi connectivity index (χ0n) is 9.59. The Bertz CT molecular complexity index is 110. The first-order valence-corrected chi connectivity index (χ1v) is 5.20. The molecule has 0 saturated heterocycles. The summed E-state index contributed by atoms with van der Waals surface area (Å²) in [6.45, 7) is 9.29. The van der Waals surface area contributed by atoms with Crippen molar-refractivity contribution in [2.75, 3.05) is 14.1 Å². The van der Waals surface area contributed by atoms with E-state index in [1.807, 2.05) is 0 Å². The van der Waals surface area contributed by atoms with Crippen molar-refractivity contribution in [2.24, 2.45) is 11.8 Å². The molecule has 0 heterocycles. The molecule has 0 aromatic carbocycles. The van der Waals surface area contributed by atoms with Crippen LogP contribution in [-0.2, 0) is 0 Å². The summed E-state index contributed by atoms with van der Waals surface area (Å²) in [4.78, 5) is 2.33. The number of hydrogen-bond donors (Lipinski definition) is 0. The van der Waals surface area contributed by atoms with Crippen LogP contribution in [0.25, 0.3) is 0 Å². The lowest BCUT2D eigenvalue weighted by molar-refractivity contribution is 0.169. The molecule has 3 atom stereocenters. The summed E-state index contributed by atoms with van der Waals surface area (Å²) in [6, 6.07) is 0.713. The van der Waals surface area contributed by atoms with Crippen LogP contribution in [0, 0.1) is 11.8 Å². The van der Waals surface area contributed by atoms with Crippen molar-refractivity contribution < 1.29 is 0 Å². The molecule has 0 fully saturated rings. The van der Waals surface area contributed by atoms with Gasteiger partial charge in [-0.1, -0.05) is 33.6 Å². The minimum atomic E-state index is 0.713. The average Bonchev–Trinajstić information content (AvgIpc) is 2.05. The Morgan fingerprint density at radius 3 is 1.75 bits per heavy atom. The molecule has 0 spiro atoms. The van der Waals surface area contributed by atoms with Crippen LogP contribution in [-0.4, -0.2) is 25.0 Å². The fourth-order valence-electron chi connectivity index (χ4n) is 1.90. The molecule has 0 aliphatic rings. The monoisotopic (exact) mass is 171 g/mol. The lowest BCUT2D eigenvalue weighted by Crippen LogP contribution is -2.35. The average molecular weight is 171 g/mol. The molecule has 1 nitrogen and oxygen atoms in total. The van der Waals surface area contributed by atoms with Crippen LogP contribution in [0.5, 0.6) is 0 Å². The van der Waals surface area contributed by atoms with Gasteiger partial charge in [0.05, 0.1) is 0 Å². The van der Waals surface area contributed by atoms with E-state index in [2.05, 4.69) is 46.7 Å². The van der Waals surface area contributed by atoms with Gasteiger partial charge in [-0.15, -0.1) is 0 Å². The zero-order chi connectivity index (χ0) is 9.72. The van der Waals surface area contributed by atoms with E-state index in [0.29, 0.717) is 6.04 Å². The van der Waals surface area contributed by atoms with Gasteiger partial charge < -0.3 is 4.90 Å². The summed E-state index contributed by atoms with van der Waals surface area (Å²) in [5, 5.41) is 0. The number of nitrogens with zero attached hydrogens (tertiary/aromatic N) is 1. The van der Waals surface area contributed by atoms with Gasteiger partial charge in [-0.05, 0) is 32.9 Å². The predicted octanol–water partition coefficient (Wildman–Crippen LogP) is 3.01. The van der Waals surface area contributed by atoms with Crippen LogP contribution >= 0.6 is 0 Å².